The predicted octanol–water partition coefficient (Wildman–Crippen LogP) is 3.81. The summed E-state index contributed by atoms with van der Waals surface area (Å²) in [7, 11) is -1.04. The van der Waals surface area contributed by atoms with E-state index in [1.807, 2.05) is 25.1 Å². The third-order valence-corrected chi connectivity index (χ3v) is 5.06. The molecule has 1 atom stereocenters. The summed E-state index contributed by atoms with van der Waals surface area (Å²) in [6.07, 6.45) is 0. The van der Waals surface area contributed by atoms with E-state index in [9.17, 15) is 4.21 Å². The van der Waals surface area contributed by atoms with Gasteiger partial charge < -0.3 is 5.73 Å². The Balaban J connectivity index is 2.33. The zero-order valence-electron chi connectivity index (χ0n) is 12.5. The summed E-state index contributed by atoms with van der Waals surface area (Å²) in [6, 6.07) is 9.86. The van der Waals surface area contributed by atoms with E-state index in [1.165, 1.54) is 22.3 Å². The summed E-state index contributed by atoms with van der Waals surface area (Å²) in [5.41, 5.74) is 12.3. The number of nitrogens with two attached hydrogens (primary N) is 1. The van der Waals surface area contributed by atoms with Crippen LogP contribution in [0.25, 0.3) is 0 Å². The van der Waals surface area contributed by atoms with Gasteiger partial charge in [-0.1, -0.05) is 17.7 Å². The Morgan fingerprint density at radius 3 is 2.10 bits per heavy atom. The highest BCUT2D eigenvalue weighted by Gasteiger charge is 2.12. The minimum absolute atomic E-state index is 0.558. The van der Waals surface area contributed by atoms with Crippen LogP contribution in [-0.2, 0) is 16.6 Å². The number of hydrogen-bond acceptors (Lipinski definition) is 2. The van der Waals surface area contributed by atoms with Gasteiger partial charge in [0, 0.05) is 10.6 Å². The number of aryl methyl sites for hydroxylation is 4. The van der Waals surface area contributed by atoms with Crippen molar-refractivity contribution in [2.45, 2.75) is 38.3 Å². The van der Waals surface area contributed by atoms with E-state index in [1.54, 1.807) is 0 Å². The monoisotopic (exact) mass is 287 g/mol. The van der Waals surface area contributed by atoms with Crippen LogP contribution in [0.5, 0.6) is 0 Å². The van der Waals surface area contributed by atoms with E-state index in [0.29, 0.717) is 11.4 Å². The minimum atomic E-state index is -1.04. The lowest BCUT2D eigenvalue weighted by molar-refractivity contribution is 0.682. The lowest BCUT2D eigenvalue weighted by Gasteiger charge is -2.12. The van der Waals surface area contributed by atoms with Crippen molar-refractivity contribution in [1.29, 1.82) is 0 Å². The van der Waals surface area contributed by atoms with Gasteiger partial charge in [-0.05, 0) is 68.1 Å². The van der Waals surface area contributed by atoms with Gasteiger partial charge in [-0.15, -0.1) is 0 Å². The van der Waals surface area contributed by atoms with Crippen LogP contribution in [0.3, 0.4) is 0 Å². The molecule has 0 aliphatic heterocycles. The second-order valence-corrected chi connectivity index (χ2v) is 6.81. The molecule has 0 saturated heterocycles. The van der Waals surface area contributed by atoms with Crippen molar-refractivity contribution in [1.82, 2.24) is 0 Å². The van der Waals surface area contributed by atoms with Crippen LogP contribution >= 0.6 is 0 Å². The minimum Gasteiger partial charge on any atom is -0.399 e. The standard InChI is InChI=1S/C17H21NOS/c1-11-7-12(2)16(13(3)8-11)10-20(19)17-6-5-15(18)9-14(17)4/h5-9H,10,18H2,1-4H3. The van der Waals surface area contributed by atoms with Crippen LogP contribution < -0.4 is 5.73 Å². The predicted molar refractivity (Wildman–Crippen MR) is 86.4 cm³/mol. The highest BCUT2D eigenvalue weighted by Crippen LogP contribution is 2.23. The summed E-state index contributed by atoms with van der Waals surface area (Å²) >= 11 is 0. The van der Waals surface area contributed by atoms with Gasteiger partial charge >= 0.3 is 0 Å². The fraction of sp³-hybridized carbons (Fsp3) is 0.294. The smallest absolute Gasteiger partial charge is 0.0577 e. The van der Waals surface area contributed by atoms with Gasteiger partial charge in [-0.25, -0.2) is 0 Å². The molecule has 20 heavy (non-hydrogen) atoms. The Morgan fingerprint density at radius 1 is 0.950 bits per heavy atom. The Hall–Kier alpha value is -1.61. The molecule has 0 fully saturated rings. The molecule has 0 radical (unpaired) electrons. The first-order chi connectivity index (χ1) is 9.38. The van der Waals surface area contributed by atoms with E-state index in [2.05, 4.69) is 32.9 Å². The maximum absolute atomic E-state index is 12.6. The third-order valence-electron chi connectivity index (χ3n) is 3.56. The van der Waals surface area contributed by atoms with Crippen molar-refractivity contribution in [3.05, 3.63) is 58.1 Å². The molecule has 2 aromatic rings. The van der Waals surface area contributed by atoms with Crippen molar-refractivity contribution in [3.63, 3.8) is 0 Å². The topological polar surface area (TPSA) is 43.1 Å². The second-order valence-electron chi connectivity index (χ2n) is 5.39. The molecule has 2 nitrogen and oxygen atoms in total. The zero-order valence-corrected chi connectivity index (χ0v) is 13.3. The van der Waals surface area contributed by atoms with Gasteiger partial charge in [-0.2, -0.15) is 0 Å². The molecule has 1 unspecified atom stereocenters. The van der Waals surface area contributed by atoms with Crippen molar-refractivity contribution in [3.8, 4) is 0 Å². The molecule has 0 aromatic heterocycles. The van der Waals surface area contributed by atoms with E-state index in [-0.39, 0.29) is 0 Å². The molecule has 2 rings (SSSR count). The van der Waals surface area contributed by atoms with Crippen LogP contribution in [0.15, 0.2) is 35.2 Å². The Labute approximate surface area is 123 Å². The van der Waals surface area contributed by atoms with E-state index in [4.69, 9.17) is 5.73 Å². The van der Waals surface area contributed by atoms with Gasteiger partial charge in [0.2, 0.25) is 0 Å². The van der Waals surface area contributed by atoms with Crippen LogP contribution in [-0.4, -0.2) is 4.21 Å². The highest BCUT2D eigenvalue weighted by molar-refractivity contribution is 7.84. The van der Waals surface area contributed by atoms with Crippen molar-refractivity contribution < 1.29 is 4.21 Å². The van der Waals surface area contributed by atoms with Gasteiger partial charge in [0.25, 0.3) is 0 Å². The molecule has 0 saturated carbocycles. The fourth-order valence-electron chi connectivity index (χ4n) is 2.57. The van der Waals surface area contributed by atoms with Gasteiger partial charge in [0.1, 0.15) is 0 Å². The summed E-state index contributed by atoms with van der Waals surface area (Å²) in [5.74, 6) is 0.558. The van der Waals surface area contributed by atoms with E-state index in [0.717, 1.165) is 10.5 Å². The average molecular weight is 287 g/mol. The summed E-state index contributed by atoms with van der Waals surface area (Å²) < 4.78 is 12.6. The Morgan fingerprint density at radius 2 is 1.55 bits per heavy atom. The number of rotatable bonds is 3. The number of benzene rings is 2. The highest BCUT2D eigenvalue weighted by atomic mass is 32.2. The maximum Gasteiger partial charge on any atom is 0.0577 e. The molecule has 0 heterocycles. The molecule has 2 aromatic carbocycles. The first-order valence-corrected chi connectivity index (χ1v) is 8.01. The Kier molecular flexibility index (Phi) is 4.29. The lowest BCUT2D eigenvalue weighted by Crippen LogP contribution is -2.03. The quantitative estimate of drug-likeness (QED) is 0.872. The molecule has 0 aliphatic carbocycles. The van der Waals surface area contributed by atoms with Crippen LogP contribution in [0.1, 0.15) is 27.8 Å². The fourth-order valence-corrected chi connectivity index (χ4v) is 4.09. The molecule has 0 amide bonds. The van der Waals surface area contributed by atoms with Crippen molar-refractivity contribution in [2.75, 3.05) is 5.73 Å². The molecular weight excluding hydrogens is 266 g/mol. The van der Waals surface area contributed by atoms with Gasteiger partial charge in [-0.3, -0.25) is 4.21 Å². The van der Waals surface area contributed by atoms with Crippen molar-refractivity contribution in [2.24, 2.45) is 0 Å². The van der Waals surface area contributed by atoms with E-state index >= 15 is 0 Å². The summed E-state index contributed by atoms with van der Waals surface area (Å²) in [5, 5.41) is 0. The average Bonchev–Trinajstić information content (AvgIpc) is 2.33. The largest absolute Gasteiger partial charge is 0.399 e. The van der Waals surface area contributed by atoms with Crippen LogP contribution in [0.2, 0.25) is 0 Å². The van der Waals surface area contributed by atoms with Gasteiger partial charge in [0.05, 0.1) is 16.6 Å². The summed E-state index contributed by atoms with van der Waals surface area (Å²) in [6.45, 7) is 8.22. The molecule has 0 bridgehead atoms. The molecule has 3 heteroatoms. The molecule has 0 aliphatic rings. The maximum atomic E-state index is 12.6. The van der Waals surface area contributed by atoms with E-state index < -0.39 is 10.8 Å². The normalized spacial score (nSPS) is 12.4. The summed E-state index contributed by atoms with van der Waals surface area (Å²) in [4.78, 5) is 0.874. The van der Waals surface area contributed by atoms with Crippen LogP contribution in [0.4, 0.5) is 5.69 Å². The number of anilines is 1. The third kappa shape index (κ3) is 3.10. The van der Waals surface area contributed by atoms with Crippen molar-refractivity contribution >= 4 is 16.5 Å². The molecule has 2 N–H and O–H groups in total. The SMILES string of the molecule is Cc1cc(C)c(CS(=O)c2ccc(N)cc2C)c(C)c1. The Bertz CT molecular complexity index is 654. The molecule has 0 spiro atoms. The van der Waals surface area contributed by atoms with Gasteiger partial charge in [0.15, 0.2) is 0 Å². The molecular formula is C17H21NOS. The first-order valence-electron chi connectivity index (χ1n) is 6.69. The first kappa shape index (κ1) is 14.8. The number of hydrogen-bond donors (Lipinski definition) is 1. The zero-order chi connectivity index (χ0) is 14.9. The number of nitrogen functional groups attached to an aromatic ring is 1. The molecule has 106 valence electrons. The lowest BCUT2D eigenvalue weighted by atomic mass is 10.0. The second kappa shape index (κ2) is 5.80. The van der Waals surface area contributed by atoms with Crippen LogP contribution in [0, 0.1) is 27.7 Å².